The highest BCUT2D eigenvalue weighted by Gasteiger charge is 2.06. The Bertz CT molecular complexity index is 552. The van der Waals surface area contributed by atoms with E-state index in [2.05, 4.69) is 43.3 Å². The third-order valence-corrected chi connectivity index (χ3v) is 3.31. The van der Waals surface area contributed by atoms with Gasteiger partial charge in [-0.15, -0.1) is 0 Å². The monoisotopic (exact) mass is 285 g/mol. The average Bonchev–Trinajstić information content (AvgIpc) is 2.52. The molecule has 0 bridgehead atoms. The lowest BCUT2D eigenvalue weighted by molar-refractivity contribution is 0.284. The standard InChI is InChI=1S/C18H23NO2/c1-19(2)12-11-15-9-10-17(20-3)18(13-15)21-14-16-7-5-4-6-8-16/h4-10,13H,11-12,14H2,1-3H3. The average molecular weight is 285 g/mol. The summed E-state index contributed by atoms with van der Waals surface area (Å²) in [4.78, 5) is 2.18. The molecule has 21 heavy (non-hydrogen) atoms. The van der Waals surface area contributed by atoms with Crippen molar-refractivity contribution < 1.29 is 9.47 Å². The van der Waals surface area contributed by atoms with Gasteiger partial charge in [-0.25, -0.2) is 0 Å². The van der Waals surface area contributed by atoms with Crippen molar-refractivity contribution in [1.29, 1.82) is 0 Å². The maximum atomic E-state index is 5.92. The molecule has 0 aliphatic carbocycles. The maximum Gasteiger partial charge on any atom is 0.161 e. The molecule has 0 atom stereocenters. The first-order valence-electron chi connectivity index (χ1n) is 7.17. The van der Waals surface area contributed by atoms with Gasteiger partial charge in [-0.3, -0.25) is 0 Å². The van der Waals surface area contributed by atoms with Gasteiger partial charge in [0.25, 0.3) is 0 Å². The molecule has 3 nitrogen and oxygen atoms in total. The Morgan fingerprint density at radius 1 is 0.905 bits per heavy atom. The van der Waals surface area contributed by atoms with Gasteiger partial charge in [0, 0.05) is 6.54 Å². The highest BCUT2D eigenvalue weighted by Crippen LogP contribution is 2.29. The highest BCUT2D eigenvalue weighted by atomic mass is 16.5. The van der Waals surface area contributed by atoms with Crippen LogP contribution >= 0.6 is 0 Å². The van der Waals surface area contributed by atoms with Gasteiger partial charge in [-0.1, -0.05) is 36.4 Å². The van der Waals surface area contributed by atoms with E-state index >= 15 is 0 Å². The summed E-state index contributed by atoms with van der Waals surface area (Å²) in [6.45, 7) is 1.57. The summed E-state index contributed by atoms with van der Waals surface area (Å²) in [6.07, 6.45) is 0.999. The van der Waals surface area contributed by atoms with Crippen molar-refractivity contribution in [2.45, 2.75) is 13.0 Å². The van der Waals surface area contributed by atoms with Gasteiger partial charge in [-0.2, -0.15) is 0 Å². The Morgan fingerprint density at radius 3 is 2.33 bits per heavy atom. The number of methoxy groups -OCH3 is 1. The molecule has 2 aromatic carbocycles. The van der Waals surface area contributed by atoms with Crippen molar-refractivity contribution in [3.05, 3.63) is 59.7 Å². The van der Waals surface area contributed by atoms with Crippen LogP contribution in [0.1, 0.15) is 11.1 Å². The molecule has 0 aromatic heterocycles. The summed E-state index contributed by atoms with van der Waals surface area (Å²) >= 11 is 0. The zero-order valence-corrected chi connectivity index (χ0v) is 13.0. The molecule has 0 saturated heterocycles. The van der Waals surface area contributed by atoms with Gasteiger partial charge >= 0.3 is 0 Å². The summed E-state index contributed by atoms with van der Waals surface area (Å²) in [7, 11) is 5.83. The van der Waals surface area contributed by atoms with Crippen LogP contribution in [-0.4, -0.2) is 32.6 Å². The quantitative estimate of drug-likeness (QED) is 0.778. The minimum Gasteiger partial charge on any atom is -0.493 e. The van der Waals surface area contributed by atoms with Crippen molar-refractivity contribution in [2.24, 2.45) is 0 Å². The van der Waals surface area contributed by atoms with E-state index in [0.29, 0.717) is 6.61 Å². The van der Waals surface area contributed by atoms with Gasteiger partial charge in [0.2, 0.25) is 0 Å². The number of rotatable bonds is 7. The zero-order chi connectivity index (χ0) is 15.1. The second kappa shape index (κ2) is 7.70. The van der Waals surface area contributed by atoms with Crippen LogP contribution < -0.4 is 9.47 Å². The Hall–Kier alpha value is -2.00. The first kappa shape index (κ1) is 15.4. The Morgan fingerprint density at radius 2 is 1.67 bits per heavy atom. The smallest absolute Gasteiger partial charge is 0.161 e. The van der Waals surface area contributed by atoms with Gasteiger partial charge in [0.15, 0.2) is 11.5 Å². The van der Waals surface area contributed by atoms with E-state index < -0.39 is 0 Å². The zero-order valence-electron chi connectivity index (χ0n) is 13.0. The van der Waals surface area contributed by atoms with Gasteiger partial charge in [-0.05, 0) is 43.8 Å². The molecule has 0 spiro atoms. The summed E-state index contributed by atoms with van der Waals surface area (Å²) in [6, 6.07) is 16.3. The third kappa shape index (κ3) is 4.80. The Balaban J connectivity index is 2.06. The number of benzene rings is 2. The first-order chi connectivity index (χ1) is 10.2. The molecule has 0 amide bonds. The second-order valence-electron chi connectivity index (χ2n) is 5.31. The Labute approximate surface area is 127 Å². The molecule has 0 heterocycles. The fourth-order valence-electron chi connectivity index (χ4n) is 2.08. The van der Waals surface area contributed by atoms with Crippen molar-refractivity contribution >= 4 is 0 Å². The van der Waals surface area contributed by atoms with Crippen molar-refractivity contribution in [2.75, 3.05) is 27.7 Å². The normalized spacial score (nSPS) is 10.7. The van der Waals surface area contributed by atoms with E-state index in [1.165, 1.54) is 5.56 Å². The van der Waals surface area contributed by atoms with E-state index in [1.807, 2.05) is 24.3 Å². The maximum absolute atomic E-state index is 5.92. The number of ether oxygens (including phenoxy) is 2. The predicted molar refractivity (Wildman–Crippen MR) is 86.0 cm³/mol. The van der Waals surface area contributed by atoms with Gasteiger partial charge in [0.05, 0.1) is 7.11 Å². The number of hydrogen-bond donors (Lipinski definition) is 0. The Kier molecular flexibility index (Phi) is 5.64. The predicted octanol–water partition coefficient (Wildman–Crippen LogP) is 3.38. The molecule has 0 fully saturated rings. The lowest BCUT2D eigenvalue weighted by Crippen LogP contribution is -2.15. The van der Waals surface area contributed by atoms with Gasteiger partial charge in [0.1, 0.15) is 6.61 Å². The number of nitrogens with zero attached hydrogens (tertiary/aromatic N) is 1. The molecule has 0 saturated carbocycles. The molecule has 112 valence electrons. The summed E-state index contributed by atoms with van der Waals surface area (Å²) in [5.41, 5.74) is 2.41. The summed E-state index contributed by atoms with van der Waals surface area (Å²) < 4.78 is 11.3. The van der Waals surface area contributed by atoms with Crippen LogP contribution in [-0.2, 0) is 13.0 Å². The minimum absolute atomic E-state index is 0.550. The fourth-order valence-corrected chi connectivity index (χ4v) is 2.08. The molecule has 0 N–H and O–H groups in total. The molecular weight excluding hydrogens is 262 g/mol. The molecule has 0 radical (unpaired) electrons. The number of likely N-dealkylation sites (N-methyl/N-ethyl adjacent to an activating group) is 1. The summed E-state index contributed by atoms with van der Waals surface area (Å²) in [5.74, 6) is 1.58. The van der Waals surface area contributed by atoms with E-state index in [4.69, 9.17) is 9.47 Å². The molecule has 2 aromatic rings. The van der Waals surface area contributed by atoms with Crippen molar-refractivity contribution in [3.63, 3.8) is 0 Å². The van der Waals surface area contributed by atoms with E-state index in [0.717, 1.165) is 30.0 Å². The highest BCUT2D eigenvalue weighted by molar-refractivity contribution is 5.43. The molecule has 0 aliphatic heterocycles. The van der Waals surface area contributed by atoms with E-state index in [1.54, 1.807) is 7.11 Å². The van der Waals surface area contributed by atoms with Crippen LogP contribution in [0.5, 0.6) is 11.5 Å². The molecule has 2 rings (SSSR count). The van der Waals surface area contributed by atoms with E-state index in [-0.39, 0.29) is 0 Å². The van der Waals surface area contributed by atoms with Crippen LogP contribution in [0.25, 0.3) is 0 Å². The topological polar surface area (TPSA) is 21.7 Å². The second-order valence-corrected chi connectivity index (χ2v) is 5.31. The van der Waals surface area contributed by atoms with Crippen LogP contribution in [0.4, 0.5) is 0 Å². The third-order valence-electron chi connectivity index (χ3n) is 3.31. The number of hydrogen-bond acceptors (Lipinski definition) is 3. The van der Waals surface area contributed by atoms with Crippen molar-refractivity contribution in [3.8, 4) is 11.5 Å². The van der Waals surface area contributed by atoms with Crippen LogP contribution in [0, 0.1) is 0 Å². The van der Waals surface area contributed by atoms with E-state index in [9.17, 15) is 0 Å². The molecule has 3 heteroatoms. The van der Waals surface area contributed by atoms with Crippen LogP contribution in [0.3, 0.4) is 0 Å². The van der Waals surface area contributed by atoms with Gasteiger partial charge < -0.3 is 14.4 Å². The van der Waals surface area contributed by atoms with Crippen LogP contribution in [0.15, 0.2) is 48.5 Å². The van der Waals surface area contributed by atoms with Crippen LogP contribution in [0.2, 0.25) is 0 Å². The largest absolute Gasteiger partial charge is 0.493 e. The SMILES string of the molecule is COc1ccc(CCN(C)C)cc1OCc1ccccc1. The summed E-state index contributed by atoms with van der Waals surface area (Å²) in [5, 5.41) is 0. The minimum atomic E-state index is 0.550. The first-order valence-corrected chi connectivity index (χ1v) is 7.17. The lowest BCUT2D eigenvalue weighted by atomic mass is 10.1. The lowest BCUT2D eigenvalue weighted by Gasteiger charge is -2.14. The molecule has 0 unspecified atom stereocenters. The molecular formula is C18H23NO2. The van der Waals surface area contributed by atoms with Crippen molar-refractivity contribution in [1.82, 2.24) is 4.90 Å². The molecule has 0 aliphatic rings. The fraction of sp³-hybridized carbons (Fsp3) is 0.333.